The Bertz CT molecular complexity index is 739. The highest BCUT2D eigenvalue weighted by atomic mass is 32.1. The Hall–Kier alpha value is -2.49. The zero-order valence-corrected chi connectivity index (χ0v) is 14.3. The summed E-state index contributed by atoms with van der Waals surface area (Å²) >= 11 is 0.970. The van der Waals surface area contributed by atoms with E-state index in [2.05, 4.69) is 14.8 Å². The molecule has 1 aromatic carbocycles. The monoisotopic (exact) mass is 393 g/mol. The maximum atomic E-state index is 12.4. The van der Waals surface area contributed by atoms with Gasteiger partial charge in [-0.3, -0.25) is 4.79 Å². The molecule has 26 heavy (non-hydrogen) atoms. The van der Waals surface area contributed by atoms with Crippen LogP contribution in [-0.4, -0.2) is 32.8 Å². The van der Waals surface area contributed by atoms with Crippen molar-refractivity contribution in [3.05, 3.63) is 40.1 Å². The van der Waals surface area contributed by atoms with Crippen molar-refractivity contribution in [2.24, 2.45) is 0 Å². The minimum atomic E-state index is -3.02. The molecule has 0 bridgehead atoms. The van der Waals surface area contributed by atoms with E-state index in [1.165, 1.54) is 30.7 Å². The Morgan fingerprint density at radius 2 is 1.77 bits per heavy atom. The van der Waals surface area contributed by atoms with Crippen LogP contribution in [0.2, 0.25) is 0 Å². The number of carbonyl (C=O) groups excluding carboxylic acids is 1. The molecule has 0 saturated carbocycles. The number of hydrogen-bond acceptors (Lipinski definition) is 5. The lowest BCUT2D eigenvalue weighted by atomic mass is 10.1. The number of nitrogens with one attached hydrogen (secondary N) is 1. The standard InChI is InChI=1S/C16H15F4NO4S/c1-23-10-3-2-9(8-12(10)25-16(19)20)4-6-21-14(22)13-11(5-7-26-13)24-15(17)18/h2-3,5,7-8,15-16H,4,6H2,1H3,(H,21,22). The average molecular weight is 393 g/mol. The van der Waals surface area contributed by atoms with Crippen LogP contribution in [0.5, 0.6) is 17.2 Å². The summed E-state index contributed by atoms with van der Waals surface area (Å²) in [6.07, 6.45) is 0.311. The molecule has 0 atom stereocenters. The molecule has 0 aliphatic rings. The lowest BCUT2D eigenvalue weighted by Crippen LogP contribution is -2.25. The number of amides is 1. The Kier molecular flexibility index (Phi) is 7.07. The summed E-state index contributed by atoms with van der Waals surface area (Å²) in [4.78, 5) is 12.1. The summed E-state index contributed by atoms with van der Waals surface area (Å²) in [5.41, 5.74) is 0.622. The van der Waals surface area contributed by atoms with Crippen molar-refractivity contribution in [1.29, 1.82) is 0 Å². The van der Waals surface area contributed by atoms with Crippen LogP contribution in [0.4, 0.5) is 17.6 Å². The Labute approximate surface area is 150 Å². The molecule has 0 aliphatic heterocycles. The third-order valence-corrected chi connectivity index (χ3v) is 4.09. The largest absolute Gasteiger partial charge is 0.493 e. The van der Waals surface area contributed by atoms with E-state index < -0.39 is 19.1 Å². The molecule has 0 fully saturated rings. The summed E-state index contributed by atoms with van der Waals surface area (Å²) in [5.74, 6) is -0.713. The molecule has 142 valence electrons. The van der Waals surface area contributed by atoms with Crippen molar-refractivity contribution in [3.8, 4) is 17.2 Å². The highest BCUT2D eigenvalue weighted by molar-refractivity contribution is 7.12. The second kappa shape index (κ2) is 9.27. The molecule has 5 nitrogen and oxygen atoms in total. The predicted octanol–water partition coefficient (Wildman–Crippen LogP) is 3.93. The fourth-order valence-corrected chi connectivity index (χ4v) is 2.86. The highest BCUT2D eigenvalue weighted by Gasteiger charge is 2.17. The third kappa shape index (κ3) is 5.51. The van der Waals surface area contributed by atoms with Crippen LogP contribution in [-0.2, 0) is 6.42 Å². The van der Waals surface area contributed by atoms with Crippen molar-refractivity contribution in [2.75, 3.05) is 13.7 Å². The third-order valence-electron chi connectivity index (χ3n) is 3.19. The van der Waals surface area contributed by atoms with Crippen LogP contribution in [0.1, 0.15) is 15.2 Å². The summed E-state index contributed by atoms with van der Waals surface area (Å²) in [7, 11) is 1.33. The fraction of sp³-hybridized carbons (Fsp3) is 0.312. The van der Waals surface area contributed by atoms with Gasteiger partial charge in [-0.15, -0.1) is 11.3 Å². The van der Waals surface area contributed by atoms with Crippen LogP contribution >= 0.6 is 11.3 Å². The van der Waals surface area contributed by atoms with Crippen molar-refractivity contribution in [1.82, 2.24) is 5.32 Å². The van der Waals surface area contributed by atoms with E-state index in [4.69, 9.17) is 4.74 Å². The number of ether oxygens (including phenoxy) is 3. The first-order chi connectivity index (χ1) is 12.4. The quantitative estimate of drug-likeness (QED) is 0.656. The van der Waals surface area contributed by atoms with Gasteiger partial charge in [0.15, 0.2) is 11.5 Å². The van der Waals surface area contributed by atoms with E-state index in [0.717, 1.165) is 11.3 Å². The molecule has 1 aromatic heterocycles. The van der Waals surface area contributed by atoms with Crippen molar-refractivity contribution in [3.63, 3.8) is 0 Å². The van der Waals surface area contributed by atoms with Gasteiger partial charge in [0.1, 0.15) is 10.6 Å². The molecule has 0 radical (unpaired) electrons. The molecule has 0 saturated heterocycles. The van der Waals surface area contributed by atoms with E-state index in [9.17, 15) is 22.4 Å². The van der Waals surface area contributed by atoms with Gasteiger partial charge in [-0.25, -0.2) is 0 Å². The first kappa shape index (κ1) is 19.8. The molecule has 1 amide bonds. The summed E-state index contributed by atoms with van der Waals surface area (Å²) in [5, 5.41) is 4.02. The molecule has 0 aliphatic carbocycles. The topological polar surface area (TPSA) is 56.8 Å². The number of halogens is 4. The van der Waals surface area contributed by atoms with Crippen LogP contribution in [0, 0.1) is 0 Å². The van der Waals surface area contributed by atoms with E-state index in [1.54, 1.807) is 6.07 Å². The molecule has 0 spiro atoms. The second-order valence-electron chi connectivity index (χ2n) is 4.86. The normalized spacial score (nSPS) is 10.9. The number of methoxy groups -OCH3 is 1. The van der Waals surface area contributed by atoms with Gasteiger partial charge in [0, 0.05) is 6.54 Å². The molecular weight excluding hydrogens is 378 g/mol. The van der Waals surface area contributed by atoms with E-state index in [-0.39, 0.29) is 28.7 Å². The molecule has 2 rings (SSSR count). The van der Waals surface area contributed by atoms with Crippen LogP contribution < -0.4 is 19.5 Å². The molecule has 1 heterocycles. The first-order valence-electron chi connectivity index (χ1n) is 7.33. The van der Waals surface area contributed by atoms with Gasteiger partial charge >= 0.3 is 13.2 Å². The van der Waals surface area contributed by atoms with Crippen molar-refractivity contribution < 1.29 is 36.6 Å². The number of hydrogen-bond donors (Lipinski definition) is 1. The number of thiophene rings is 1. The van der Waals surface area contributed by atoms with Gasteiger partial charge < -0.3 is 19.5 Å². The lowest BCUT2D eigenvalue weighted by molar-refractivity contribution is -0.0515. The minimum Gasteiger partial charge on any atom is -0.493 e. The summed E-state index contributed by atoms with van der Waals surface area (Å²) in [6.45, 7) is -5.86. The smallest absolute Gasteiger partial charge is 0.387 e. The fourth-order valence-electron chi connectivity index (χ4n) is 2.12. The maximum Gasteiger partial charge on any atom is 0.387 e. The van der Waals surface area contributed by atoms with Crippen molar-refractivity contribution in [2.45, 2.75) is 19.6 Å². The molecule has 1 N–H and O–H groups in total. The molecule has 2 aromatic rings. The zero-order chi connectivity index (χ0) is 19.1. The average Bonchev–Trinajstić information content (AvgIpc) is 3.02. The molecule has 0 unspecified atom stereocenters. The van der Waals surface area contributed by atoms with Gasteiger partial charge in [-0.05, 0) is 35.6 Å². The van der Waals surface area contributed by atoms with Crippen LogP contribution in [0.25, 0.3) is 0 Å². The van der Waals surface area contributed by atoms with Gasteiger partial charge in [0.05, 0.1) is 7.11 Å². The second-order valence-corrected chi connectivity index (χ2v) is 5.78. The molecular formula is C16H15F4NO4S. The van der Waals surface area contributed by atoms with Gasteiger partial charge in [0.2, 0.25) is 0 Å². The Morgan fingerprint density at radius 3 is 2.42 bits per heavy atom. The highest BCUT2D eigenvalue weighted by Crippen LogP contribution is 2.30. The van der Waals surface area contributed by atoms with Crippen LogP contribution in [0.3, 0.4) is 0 Å². The van der Waals surface area contributed by atoms with Gasteiger partial charge in [0.25, 0.3) is 5.91 Å². The van der Waals surface area contributed by atoms with E-state index >= 15 is 0 Å². The number of rotatable bonds is 9. The first-order valence-corrected chi connectivity index (χ1v) is 8.21. The molecule has 10 heteroatoms. The predicted molar refractivity (Wildman–Crippen MR) is 86.6 cm³/mol. The Balaban J connectivity index is 1.95. The maximum absolute atomic E-state index is 12.4. The minimum absolute atomic E-state index is 0.0294. The van der Waals surface area contributed by atoms with Gasteiger partial charge in [-0.2, -0.15) is 17.6 Å². The number of carbonyl (C=O) groups is 1. The zero-order valence-electron chi connectivity index (χ0n) is 13.5. The van der Waals surface area contributed by atoms with Crippen LogP contribution in [0.15, 0.2) is 29.6 Å². The summed E-state index contributed by atoms with van der Waals surface area (Å²) < 4.78 is 63.0. The van der Waals surface area contributed by atoms with E-state index in [0.29, 0.717) is 12.0 Å². The number of benzene rings is 1. The number of alkyl halides is 4. The SMILES string of the molecule is COc1ccc(CCNC(=O)c2sccc2OC(F)F)cc1OC(F)F. The van der Waals surface area contributed by atoms with E-state index in [1.807, 2.05) is 0 Å². The Morgan fingerprint density at radius 1 is 1.08 bits per heavy atom. The van der Waals surface area contributed by atoms with Crippen molar-refractivity contribution >= 4 is 17.2 Å². The van der Waals surface area contributed by atoms with Gasteiger partial charge in [-0.1, -0.05) is 6.07 Å². The summed E-state index contributed by atoms with van der Waals surface area (Å²) in [6, 6.07) is 5.78. The lowest BCUT2D eigenvalue weighted by Gasteiger charge is -2.12.